The Bertz CT molecular complexity index is 312. The van der Waals surface area contributed by atoms with Crippen molar-refractivity contribution in [1.82, 2.24) is 4.90 Å². The van der Waals surface area contributed by atoms with E-state index in [2.05, 4.69) is 6.92 Å². The van der Waals surface area contributed by atoms with Gasteiger partial charge in [0.1, 0.15) is 5.54 Å². The van der Waals surface area contributed by atoms with Crippen molar-refractivity contribution in [2.45, 2.75) is 52.5 Å². The predicted octanol–water partition coefficient (Wildman–Crippen LogP) is 2.13. The highest BCUT2D eigenvalue weighted by atomic mass is 16.4. The lowest BCUT2D eigenvalue weighted by Gasteiger charge is -2.36. The fraction of sp³-hybridized carbons (Fsp3) is 0.846. The molecule has 0 radical (unpaired) electrons. The first-order valence-electron chi connectivity index (χ1n) is 6.37. The lowest BCUT2D eigenvalue weighted by atomic mass is 9.93. The lowest BCUT2D eigenvalue weighted by Crippen LogP contribution is -2.54. The van der Waals surface area contributed by atoms with Crippen molar-refractivity contribution in [3.8, 4) is 0 Å². The van der Waals surface area contributed by atoms with Crippen molar-refractivity contribution in [2.75, 3.05) is 6.54 Å². The van der Waals surface area contributed by atoms with Crippen LogP contribution < -0.4 is 0 Å². The van der Waals surface area contributed by atoms with Gasteiger partial charge in [-0.3, -0.25) is 4.79 Å². The van der Waals surface area contributed by atoms with Gasteiger partial charge in [-0.1, -0.05) is 13.3 Å². The van der Waals surface area contributed by atoms with Crippen LogP contribution in [-0.2, 0) is 9.59 Å². The van der Waals surface area contributed by atoms with Crippen LogP contribution in [0.3, 0.4) is 0 Å². The largest absolute Gasteiger partial charge is 0.480 e. The standard InChI is InChI=1S/C13H23NO3/c1-5-14(13(3,4)12(16)17)11(15)10-8-6-7-9(10)2/h9-10H,5-8H2,1-4H3,(H,16,17). The molecule has 1 amide bonds. The fourth-order valence-corrected chi connectivity index (χ4v) is 2.65. The third-order valence-corrected chi connectivity index (χ3v) is 3.96. The average molecular weight is 241 g/mol. The van der Waals surface area contributed by atoms with Crippen LogP contribution >= 0.6 is 0 Å². The summed E-state index contributed by atoms with van der Waals surface area (Å²) in [6.07, 6.45) is 3.04. The highest BCUT2D eigenvalue weighted by Gasteiger charge is 2.41. The first kappa shape index (κ1) is 14.0. The Morgan fingerprint density at radius 2 is 1.94 bits per heavy atom. The fourth-order valence-electron chi connectivity index (χ4n) is 2.65. The Hall–Kier alpha value is -1.06. The SMILES string of the molecule is CCN(C(=O)C1CCCC1C)C(C)(C)C(=O)O. The molecule has 98 valence electrons. The third kappa shape index (κ3) is 2.61. The van der Waals surface area contributed by atoms with Gasteiger partial charge in [-0.05, 0) is 39.5 Å². The number of hydrogen-bond acceptors (Lipinski definition) is 2. The van der Waals surface area contributed by atoms with Gasteiger partial charge in [0.05, 0.1) is 0 Å². The second-order valence-corrected chi connectivity index (χ2v) is 5.46. The molecule has 17 heavy (non-hydrogen) atoms. The van der Waals surface area contributed by atoms with E-state index >= 15 is 0 Å². The molecule has 1 aliphatic rings. The molecule has 2 unspecified atom stereocenters. The zero-order valence-corrected chi connectivity index (χ0v) is 11.2. The molecule has 2 atom stereocenters. The van der Waals surface area contributed by atoms with E-state index in [1.807, 2.05) is 6.92 Å². The molecule has 0 aromatic heterocycles. The summed E-state index contributed by atoms with van der Waals surface area (Å²) in [7, 11) is 0. The summed E-state index contributed by atoms with van der Waals surface area (Å²) in [5, 5.41) is 9.21. The maximum Gasteiger partial charge on any atom is 0.329 e. The molecule has 0 bridgehead atoms. The summed E-state index contributed by atoms with van der Waals surface area (Å²) in [4.78, 5) is 25.1. The number of carbonyl (C=O) groups is 2. The van der Waals surface area contributed by atoms with Gasteiger partial charge in [0.25, 0.3) is 0 Å². The normalized spacial score (nSPS) is 24.7. The minimum atomic E-state index is -1.12. The highest BCUT2D eigenvalue weighted by molar-refractivity contribution is 5.87. The number of nitrogens with zero attached hydrogens (tertiary/aromatic N) is 1. The number of hydrogen-bond donors (Lipinski definition) is 1. The van der Waals surface area contributed by atoms with E-state index in [0.29, 0.717) is 12.5 Å². The van der Waals surface area contributed by atoms with Crippen molar-refractivity contribution < 1.29 is 14.7 Å². The van der Waals surface area contributed by atoms with Crippen molar-refractivity contribution in [3.05, 3.63) is 0 Å². The monoisotopic (exact) mass is 241 g/mol. The number of amides is 1. The Balaban J connectivity index is 2.87. The number of carboxylic acid groups (broad SMARTS) is 1. The summed E-state index contributed by atoms with van der Waals surface area (Å²) >= 11 is 0. The smallest absolute Gasteiger partial charge is 0.329 e. The van der Waals surface area contributed by atoms with Crippen LogP contribution in [-0.4, -0.2) is 34.0 Å². The number of likely N-dealkylation sites (N-methyl/N-ethyl adjacent to an activating group) is 1. The quantitative estimate of drug-likeness (QED) is 0.820. The summed E-state index contributed by atoms with van der Waals surface area (Å²) < 4.78 is 0. The van der Waals surface area contributed by atoms with Gasteiger partial charge < -0.3 is 10.0 Å². The topological polar surface area (TPSA) is 57.6 Å². The molecule has 1 N–H and O–H groups in total. The summed E-state index contributed by atoms with van der Waals surface area (Å²) in [6.45, 7) is 7.55. The second-order valence-electron chi connectivity index (χ2n) is 5.46. The van der Waals surface area contributed by atoms with Crippen molar-refractivity contribution >= 4 is 11.9 Å². The molecule has 4 heteroatoms. The van der Waals surface area contributed by atoms with Gasteiger partial charge in [-0.25, -0.2) is 4.79 Å². The summed E-state index contributed by atoms with van der Waals surface area (Å²) in [5.41, 5.74) is -1.12. The Kier molecular flexibility index (Phi) is 4.17. The molecule has 1 fully saturated rings. The molecule has 0 heterocycles. The molecule has 0 aromatic carbocycles. The molecular weight excluding hydrogens is 218 g/mol. The van der Waals surface area contributed by atoms with E-state index in [9.17, 15) is 14.7 Å². The maximum absolute atomic E-state index is 12.4. The van der Waals surface area contributed by atoms with Crippen molar-refractivity contribution in [1.29, 1.82) is 0 Å². The van der Waals surface area contributed by atoms with E-state index in [-0.39, 0.29) is 11.8 Å². The number of rotatable bonds is 4. The molecule has 0 aliphatic heterocycles. The molecule has 0 spiro atoms. The zero-order valence-electron chi connectivity index (χ0n) is 11.2. The van der Waals surface area contributed by atoms with Gasteiger partial charge in [0.15, 0.2) is 0 Å². The number of carbonyl (C=O) groups excluding carboxylic acids is 1. The molecular formula is C13H23NO3. The van der Waals surface area contributed by atoms with Crippen LogP contribution in [0.1, 0.15) is 47.0 Å². The minimum absolute atomic E-state index is 0.00454. The van der Waals surface area contributed by atoms with Crippen molar-refractivity contribution in [2.24, 2.45) is 11.8 Å². The number of aliphatic carboxylic acids is 1. The van der Waals surface area contributed by atoms with Crippen LogP contribution in [0, 0.1) is 11.8 Å². The average Bonchev–Trinajstić information content (AvgIpc) is 2.64. The zero-order chi connectivity index (χ0) is 13.2. The Morgan fingerprint density at radius 3 is 2.29 bits per heavy atom. The Morgan fingerprint density at radius 1 is 1.35 bits per heavy atom. The molecule has 1 aliphatic carbocycles. The summed E-state index contributed by atoms with van der Waals surface area (Å²) in [5.74, 6) is -0.557. The van der Waals surface area contributed by atoms with Crippen LogP contribution in [0.15, 0.2) is 0 Å². The van der Waals surface area contributed by atoms with Gasteiger partial charge in [-0.2, -0.15) is 0 Å². The molecule has 1 rings (SSSR count). The molecule has 1 saturated carbocycles. The van der Waals surface area contributed by atoms with E-state index in [0.717, 1.165) is 19.3 Å². The third-order valence-electron chi connectivity index (χ3n) is 3.96. The van der Waals surface area contributed by atoms with Gasteiger partial charge in [0, 0.05) is 12.5 Å². The van der Waals surface area contributed by atoms with Crippen LogP contribution in [0.5, 0.6) is 0 Å². The molecule has 0 aromatic rings. The first-order valence-corrected chi connectivity index (χ1v) is 6.37. The molecule has 4 nitrogen and oxygen atoms in total. The number of carboxylic acids is 1. The second kappa shape index (κ2) is 5.07. The highest BCUT2D eigenvalue weighted by Crippen LogP contribution is 2.34. The lowest BCUT2D eigenvalue weighted by molar-refractivity contribution is -0.159. The van der Waals surface area contributed by atoms with E-state index in [1.165, 1.54) is 4.90 Å². The van der Waals surface area contributed by atoms with Crippen molar-refractivity contribution in [3.63, 3.8) is 0 Å². The maximum atomic E-state index is 12.4. The summed E-state index contributed by atoms with van der Waals surface area (Å²) in [6, 6.07) is 0. The Labute approximate surface area is 103 Å². The van der Waals surface area contributed by atoms with Gasteiger partial charge in [0.2, 0.25) is 5.91 Å². The van der Waals surface area contributed by atoms with E-state index in [1.54, 1.807) is 13.8 Å². The van der Waals surface area contributed by atoms with Crippen LogP contribution in [0.2, 0.25) is 0 Å². The minimum Gasteiger partial charge on any atom is -0.480 e. The van der Waals surface area contributed by atoms with Crippen LogP contribution in [0.25, 0.3) is 0 Å². The van der Waals surface area contributed by atoms with Crippen LogP contribution in [0.4, 0.5) is 0 Å². The van der Waals surface area contributed by atoms with Gasteiger partial charge in [-0.15, -0.1) is 0 Å². The first-order chi connectivity index (χ1) is 7.82. The van der Waals surface area contributed by atoms with E-state index < -0.39 is 11.5 Å². The van der Waals surface area contributed by atoms with E-state index in [4.69, 9.17) is 0 Å². The molecule has 0 saturated heterocycles. The van der Waals surface area contributed by atoms with Gasteiger partial charge >= 0.3 is 5.97 Å². The predicted molar refractivity (Wildman–Crippen MR) is 65.6 cm³/mol.